The lowest BCUT2D eigenvalue weighted by molar-refractivity contribution is 0.00909. The standard InChI is InChI=1S/C16H35N3/c1-6-15-8-10-16(13-17,11-9-15)19(7-2)14(3)12-18(4)5/h14-15H,6-13,17H2,1-5H3. The Morgan fingerprint density at radius 2 is 1.79 bits per heavy atom. The summed E-state index contributed by atoms with van der Waals surface area (Å²) in [4.78, 5) is 4.97. The van der Waals surface area contributed by atoms with Gasteiger partial charge in [-0.25, -0.2) is 0 Å². The molecule has 0 aromatic rings. The zero-order valence-corrected chi connectivity index (χ0v) is 13.8. The molecule has 0 amide bonds. The van der Waals surface area contributed by atoms with Crippen LogP contribution in [0.25, 0.3) is 0 Å². The van der Waals surface area contributed by atoms with Gasteiger partial charge in [-0.1, -0.05) is 20.3 Å². The first-order valence-corrected chi connectivity index (χ1v) is 8.10. The maximum absolute atomic E-state index is 6.21. The van der Waals surface area contributed by atoms with Crippen molar-refractivity contribution in [3.8, 4) is 0 Å². The minimum absolute atomic E-state index is 0.260. The highest BCUT2D eigenvalue weighted by Crippen LogP contribution is 2.38. The molecule has 1 saturated carbocycles. The highest BCUT2D eigenvalue weighted by Gasteiger charge is 2.40. The van der Waals surface area contributed by atoms with E-state index in [0.29, 0.717) is 6.04 Å². The lowest BCUT2D eigenvalue weighted by Crippen LogP contribution is -2.60. The first-order valence-electron chi connectivity index (χ1n) is 8.10. The number of hydrogen-bond acceptors (Lipinski definition) is 3. The van der Waals surface area contributed by atoms with Gasteiger partial charge >= 0.3 is 0 Å². The summed E-state index contributed by atoms with van der Waals surface area (Å²) in [5, 5.41) is 0. The topological polar surface area (TPSA) is 32.5 Å². The summed E-state index contributed by atoms with van der Waals surface area (Å²) in [7, 11) is 4.32. The van der Waals surface area contributed by atoms with E-state index in [1.807, 2.05) is 0 Å². The second-order valence-corrected chi connectivity index (χ2v) is 6.68. The van der Waals surface area contributed by atoms with Crippen molar-refractivity contribution in [1.29, 1.82) is 0 Å². The first-order chi connectivity index (χ1) is 8.99. The molecule has 114 valence electrons. The van der Waals surface area contributed by atoms with E-state index in [0.717, 1.165) is 25.6 Å². The van der Waals surface area contributed by atoms with Crippen LogP contribution in [0, 0.1) is 5.92 Å². The molecule has 1 aliphatic rings. The van der Waals surface area contributed by atoms with Gasteiger partial charge < -0.3 is 10.6 Å². The smallest absolute Gasteiger partial charge is 0.0335 e. The van der Waals surface area contributed by atoms with Crippen molar-refractivity contribution in [2.75, 3.05) is 33.7 Å². The molecular formula is C16H35N3. The third-order valence-corrected chi connectivity index (χ3v) is 5.10. The molecule has 0 bridgehead atoms. The molecule has 1 atom stereocenters. The van der Waals surface area contributed by atoms with Crippen molar-refractivity contribution < 1.29 is 0 Å². The Balaban J connectivity index is 2.75. The summed E-state index contributed by atoms with van der Waals surface area (Å²) in [5.41, 5.74) is 6.47. The average molecular weight is 269 g/mol. The van der Waals surface area contributed by atoms with Gasteiger partial charge in [0.1, 0.15) is 0 Å². The fraction of sp³-hybridized carbons (Fsp3) is 1.00. The normalized spacial score (nSPS) is 30.0. The van der Waals surface area contributed by atoms with E-state index < -0.39 is 0 Å². The van der Waals surface area contributed by atoms with E-state index in [4.69, 9.17) is 5.73 Å². The summed E-state index contributed by atoms with van der Waals surface area (Å²) in [6.07, 6.45) is 6.62. The van der Waals surface area contributed by atoms with E-state index in [9.17, 15) is 0 Å². The largest absolute Gasteiger partial charge is 0.329 e. The third-order valence-electron chi connectivity index (χ3n) is 5.10. The van der Waals surface area contributed by atoms with Gasteiger partial charge in [0, 0.05) is 24.7 Å². The predicted molar refractivity (Wildman–Crippen MR) is 84.4 cm³/mol. The van der Waals surface area contributed by atoms with Gasteiger partial charge in [-0.2, -0.15) is 0 Å². The van der Waals surface area contributed by atoms with Gasteiger partial charge in [0.15, 0.2) is 0 Å². The Morgan fingerprint density at radius 3 is 2.16 bits per heavy atom. The van der Waals surface area contributed by atoms with Gasteiger partial charge in [0.05, 0.1) is 0 Å². The number of likely N-dealkylation sites (N-methyl/N-ethyl adjacent to an activating group) is 2. The predicted octanol–water partition coefficient (Wildman–Crippen LogP) is 2.56. The molecule has 2 N–H and O–H groups in total. The lowest BCUT2D eigenvalue weighted by atomic mass is 9.74. The summed E-state index contributed by atoms with van der Waals surface area (Å²) in [6, 6.07) is 0.585. The van der Waals surface area contributed by atoms with E-state index in [1.165, 1.54) is 32.1 Å². The van der Waals surface area contributed by atoms with Crippen LogP contribution in [0.2, 0.25) is 0 Å². The van der Waals surface area contributed by atoms with Crippen LogP contribution >= 0.6 is 0 Å². The van der Waals surface area contributed by atoms with Crippen LogP contribution in [-0.2, 0) is 0 Å². The fourth-order valence-electron chi connectivity index (χ4n) is 3.97. The molecule has 0 aliphatic heterocycles. The molecule has 19 heavy (non-hydrogen) atoms. The molecule has 0 spiro atoms. The molecule has 1 unspecified atom stereocenters. The van der Waals surface area contributed by atoms with Crippen LogP contribution in [-0.4, -0.2) is 55.1 Å². The van der Waals surface area contributed by atoms with Gasteiger partial charge in [-0.15, -0.1) is 0 Å². The van der Waals surface area contributed by atoms with Crippen molar-refractivity contribution in [1.82, 2.24) is 9.80 Å². The Kier molecular flexibility index (Phi) is 6.78. The summed E-state index contributed by atoms with van der Waals surface area (Å²) < 4.78 is 0. The van der Waals surface area contributed by atoms with E-state index in [2.05, 4.69) is 44.7 Å². The second kappa shape index (κ2) is 7.61. The summed E-state index contributed by atoms with van der Waals surface area (Å²) >= 11 is 0. The Morgan fingerprint density at radius 1 is 1.21 bits per heavy atom. The van der Waals surface area contributed by atoms with Crippen molar-refractivity contribution in [2.24, 2.45) is 11.7 Å². The van der Waals surface area contributed by atoms with Crippen molar-refractivity contribution in [3.05, 3.63) is 0 Å². The molecule has 0 aromatic carbocycles. The molecule has 1 fully saturated rings. The van der Waals surface area contributed by atoms with Crippen LogP contribution in [0.15, 0.2) is 0 Å². The fourth-order valence-corrected chi connectivity index (χ4v) is 3.97. The van der Waals surface area contributed by atoms with Crippen molar-refractivity contribution in [2.45, 2.75) is 64.5 Å². The van der Waals surface area contributed by atoms with Crippen LogP contribution < -0.4 is 5.73 Å². The molecule has 0 aromatic heterocycles. The Bertz CT molecular complexity index is 244. The SMILES string of the molecule is CCC1CCC(CN)(N(CC)C(C)CN(C)C)CC1. The number of hydrogen-bond donors (Lipinski definition) is 1. The van der Waals surface area contributed by atoms with E-state index in [1.54, 1.807) is 0 Å². The summed E-state index contributed by atoms with van der Waals surface area (Å²) in [5.74, 6) is 0.933. The maximum Gasteiger partial charge on any atom is 0.0335 e. The van der Waals surface area contributed by atoms with Gasteiger partial charge in [-0.05, 0) is 59.2 Å². The molecule has 1 aliphatic carbocycles. The first kappa shape index (κ1) is 16.9. The molecule has 0 radical (unpaired) electrons. The summed E-state index contributed by atoms with van der Waals surface area (Å²) in [6.45, 7) is 10.0. The van der Waals surface area contributed by atoms with Crippen LogP contribution in [0.1, 0.15) is 52.9 Å². The second-order valence-electron chi connectivity index (χ2n) is 6.68. The minimum atomic E-state index is 0.260. The van der Waals surface area contributed by atoms with Crippen molar-refractivity contribution >= 4 is 0 Å². The zero-order valence-electron chi connectivity index (χ0n) is 13.8. The highest BCUT2D eigenvalue weighted by molar-refractivity contribution is 4.97. The lowest BCUT2D eigenvalue weighted by Gasteiger charge is -2.50. The molecule has 3 nitrogen and oxygen atoms in total. The molecule has 0 heterocycles. The van der Waals surface area contributed by atoms with E-state index >= 15 is 0 Å². The van der Waals surface area contributed by atoms with E-state index in [-0.39, 0.29) is 5.54 Å². The molecule has 3 heteroatoms. The van der Waals surface area contributed by atoms with Gasteiger partial charge in [0.25, 0.3) is 0 Å². The average Bonchev–Trinajstić information content (AvgIpc) is 2.39. The Labute approximate surface area is 120 Å². The van der Waals surface area contributed by atoms with Crippen LogP contribution in [0.5, 0.6) is 0 Å². The van der Waals surface area contributed by atoms with Gasteiger partial charge in [0.2, 0.25) is 0 Å². The van der Waals surface area contributed by atoms with Crippen molar-refractivity contribution in [3.63, 3.8) is 0 Å². The monoisotopic (exact) mass is 269 g/mol. The number of nitrogens with zero attached hydrogens (tertiary/aromatic N) is 2. The number of rotatable bonds is 7. The molecular weight excluding hydrogens is 234 g/mol. The highest BCUT2D eigenvalue weighted by atomic mass is 15.3. The third kappa shape index (κ3) is 4.17. The van der Waals surface area contributed by atoms with Crippen LogP contribution in [0.4, 0.5) is 0 Å². The zero-order chi connectivity index (χ0) is 14.5. The minimum Gasteiger partial charge on any atom is -0.329 e. The quantitative estimate of drug-likeness (QED) is 0.771. The van der Waals surface area contributed by atoms with Crippen LogP contribution in [0.3, 0.4) is 0 Å². The van der Waals surface area contributed by atoms with Gasteiger partial charge in [-0.3, -0.25) is 4.90 Å². The Hall–Kier alpha value is -0.120. The molecule has 0 saturated heterocycles. The maximum atomic E-state index is 6.21. The molecule has 1 rings (SSSR count). The number of nitrogens with two attached hydrogens (primary N) is 1.